The van der Waals surface area contributed by atoms with Gasteiger partial charge in [0, 0.05) is 30.9 Å². The van der Waals surface area contributed by atoms with Crippen molar-refractivity contribution in [3.05, 3.63) is 29.8 Å². The van der Waals surface area contributed by atoms with Gasteiger partial charge in [0.25, 0.3) is 0 Å². The average Bonchev–Trinajstić information content (AvgIpc) is 3.11. The summed E-state index contributed by atoms with van der Waals surface area (Å²) in [4.78, 5) is 4.98. The maximum atomic E-state index is 4.50. The Morgan fingerprint density at radius 1 is 1.14 bits per heavy atom. The maximum absolute atomic E-state index is 4.50. The third-order valence-corrected chi connectivity index (χ3v) is 4.84. The lowest BCUT2D eigenvalue weighted by Gasteiger charge is -2.38. The summed E-state index contributed by atoms with van der Waals surface area (Å²) in [6.45, 7) is 3.53. The minimum absolute atomic E-state index is 0.561. The molecule has 0 radical (unpaired) electrons. The number of nitrogens with one attached hydrogen (secondary N) is 1. The number of hydrogen-bond donors (Lipinski definition) is 2. The number of piperidine rings is 1. The van der Waals surface area contributed by atoms with Crippen molar-refractivity contribution < 1.29 is 0 Å². The first-order valence-electron chi connectivity index (χ1n) is 8.57. The second kappa shape index (κ2) is 8.51. The Labute approximate surface area is 135 Å². The molecule has 2 aliphatic rings. The van der Waals surface area contributed by atoms with Crippen molar-refractivity contribution in [1.29, 1.82) is 0 Å². The minimum Gasteiger partial charge on any atom is -0.370 e. The highest BCUT2D eigenvalue weighted by Crippen LogP contribution is 2.33. The summed E-state index contributed by atoms with van der Waals surface area (Å²) >= 11 is 0. The smallest absolute Gasteiger partial charge is 0.0415 e. The number of nitrogens with two attached hydrogens (primary N) is 1. The molecule has 0 aliphatic carbocycles. The van der Waals surface area contributed by atoms with Crippen molar-refractivity contribution >= 4 is 5.69 Å². The van der Waals surface area contributed by atoms with E-state index in [-0.39, 0.29) is 0 Å². The molecule has 1 aromatic rings. The lowest BCUT2D eigenvalue weighted by Crippen LogP contribution is -2.45. The van der Waals surface area contributed by atoms with Crippen LogP contribution >= 0.6 is 0 Å². The van der Waals surface area contributed by atoms with Gasteiger partial charge in [-0.3, -0.25) is 0 Å². The first-order valence-corrected chi connectivity index (χ1v) is 8.57. The number of hydrogen-bond acceptors (Lipinski definition) is 4. The number of benzene rings is 1. The van der Waals surface area contributed by atoms with Gasteiger partial charge >= 0.3 is 0 Å². The minimum atomic E-state index is 0.561. The molecule has 124 valence electrons. The highest BCUT2D eigenvalue weighted by molar-refractivity contribution is 5.55. The Balaban J connectivity index is 0.000000847. The topological polar surface area (TPSA) is 44.5 Å². The van der Waals surface area contributed by atoms with E-state index in [1.807, 2.05) is 0 Å². The SMILES string of the molecule is CN.CN(C)C1CCCN(c2ccccc2C2CCCN2)C1. The molecule has 0 bridgehead atoms. The number of para-hydroxylation sites is 1. The summed E-state index contributed by atoms with van der Waals surface area (Å²) in [7, 11) is 5.91. The Hall–Kier alpha value is -1.10. The maximum Gasteiger partial charge on any atom is 0.0415 e. The molecule has 0 saturated carbocycles. The van der Waals surface area contributed by atoms with Crippen molar-refractivity contribution in [2.75, 3.05) is 45.7 Å². The van der Waals surface area contributed by atoms with Crippen LogP contribution in [0.2, 0.25) is 0 Å². The van der Waals surface area contributed by atoms with Gasteiger partial charge in [-0.1, -0.05) is 18.2 Å². The molecule has 22 heavy (non-hydrogen) atoms. The molecule has 0 spiro atoms. The molecule has 4 nitrogen and oxygen atoms in total. The predicted octanol–water partition coefficient (Wildman–Crippen LogP) is 2.22. The third-order valence-electron chi connectivity index (χ3n) is 4.84. The molecule has 4 heteroatoms. The van der Waals surface area contributed by atoms with Gasteiger partial charge in [-0.15, -0.1) is 0 Å². The van der Waals surface area contributed by atoms with E-state index in [1.165, 1.54) is 57.1 Å². The van der Waals surface area contributed by atoms with Crippen molar-refractivity contribution in [3.63, 3.8) is 0 Å². The van der Waals surface area contributed by atoms with E-state index in [0.29, 0.717) is 12.1 Å². The molecule has 2 fully saturated rings. The summed E-state index contributed by atoms with van der Waals surface area (Å²) in [6, 6.07) is 10.3. The zero-order valence-corrected chi connectivity index (χ0v) is 14.4. The summed E-state index contributed by atoms with van der Waals surface area (Å²) in [5.74, 6) is 0. The van der Waals surface area contributed by atoms with Crippen LogP contribution in [-0.4, -0.2) is 51.7 Å². The summed E-state index contributed by atoms with van der Waals surface area (Å²) < 4.78 is 0. The van der Waals surface area contributed by atoms with E-state index >= 15 is 0 Å². The van der Waals surface area contributed by atoms with Crippen molar-refractivity contribution in [2.45, 2.75) is 37.8 Å². The first-order chi connectivity index (χ1) is 10.8. The molecular weight excluding hydrogens is 272 g/mol. The Morgan fingerprint density at radius 3 is 2.59 bits per heavy atom. The highest BCUT2D eigenvalue weighted by Gasteiger charge is 2.25. The van der Waals surface area contributed by atoms with Crippen molar-refractivity contribution in [3.8, 4) is 0 Å². The number of rotatable bonds is 3. The van der Waals surface area contributed by atoms with E-state index in [4.69, 9.17) is 0 Å². The molecule has 2 aliphatic heterocycles. The zero-order valence-electron chi connectivity index (χ0n) is 14.4. The van der Waals surface area contributed by atoms with E-state index in [2.05, 4.69) is 59.2 Å². The van der Waals surface area contributed by atoms with Crippen LogP contribution in [0.15, 0.2) is 24.3 Å². The molecule has 3 N–H and O–H groups in total. The number of anilines is 1. The fraction of sp³-hybridized carbons (Fsp3) is 0.667. The molecule has 0 amide bonds. The summed E-state index contributed by atoms with van der Waals surface area (Å²) in [6.07, 6.45) is 5.21. The van der Waals surface area contributed by atoms with E-state index in [0.717, 1.165) is 6.54 Å². The van der Waals surface area contributed by atoms with Gasteiger partial charge in [0.1, 0.15) is 0 Å². The van der Waals surface area contributed by atoms with Crippen LogP contribution in [-0.2, 0) is 0 Å². The molecule has 2 atom stereocenters. The van der Waals surface area contributed by atoms with Crippen molar-refractivity contribution in [2.24, 2.45) is 5.73 Å². The molecule has 1 aromatic carbocycles. The van der Waals surface area contributed by atoms with Gasteiger partial charge in [-0.2, -0.15) is 0 Å². The van der Waals surface area contributed by atoms with Crippen LogP contribution in [0.4, 0.5) is 5.69 Å². The van der Waals surface area contributed by atoms with Crippen LogP contribution < -0.4 is 16.0 Å². The van der Waals surface area contributed by atoms with Crippen LogP contribution in [0.25, 0.3) is 0 Å². The highest BCUT2D eigenvalue weighted by atomic mass is 15.2. The average molecular weight is 304 g/mol. The van der Waals surface area contributed by atoms with Gasteiger partial charge in [0.2, 0.25) is 0 Å². The monoisotopic (exact) mass is 304 g/mol. The van der Waals surface area contributed by atoms with Gasteiger partial charge in [-0.05, 0) is 65.0 Å². The molecule has 2 saturated heterocycles. The standard InChI is InChI=1S/C17H27N3.CH5N/c1-19(2)14-7-6-12-20(13-14)17-10-4-3-8-15(17)16-9-5-11-18-16;1-2/h3-4,8,10,14,16,18H,5-7,9,11-13H2,1-2H3;2H2,1H3. The van der Waals surface area contributed by atoms with Crippen LogP contribution in [0.5, 0.6) is 0 Å². The fourth-order valence-corrected chi connectivity index (χ4v) is 3.62. The van der Waals surface area contributed by atoms with Crippen LogP contribution in [0, 0.1) is 0 Å². The van der Waals surface area contributed by atoms with Gasteiger partial charge in [-0.25, -0.2) is 0 Å². The Morgan fingerprint density at radius 2 is 1.91 bits per heavy atom. The van der Waals surface area contributed by atoms with Gasteiger partial charge in [0.05, 0.1) is 0 Å². The van der Waals surface area contributed by atoms with Crippen LogP contribution in [0.1, 0.15) is 37.3 Å². The first kappa shape index (κ1) is 17.3. The second-order valence-corrected chi connectivity index (χ2v) is 6.41. The zero-order chi connectivity index (χ0) is 15.9. The lowest BCUT2D eigenvalue weighted by molar-refractivity contribution is 0.258. The summed E-state index contributed by atoms with van der Waals surface area (Å²) in [5, 5.41) is 3.65. The fourth-order valence-electron chi connectivity index (χ4n) is 3.62. The number of likely N-dealkylation sites (N-methyl/N-ethyl adjacent to an activating group) is 1. The Bertz CT molecular complexity index is 440. The molecule has 0 aromatic heterocycles. The second-order valence-electron chi connectivity index (χ2n) is 6.41. The molecule has 2 unspecified atom stereocenters. The largest absolute Gasteiger partial charge is 0.370 e. The van der Waals surface area contributed by atoms with E-state index < -0.39 is 0 Å². The predicted molar refractivity (Wildman–Crippen MR) is 95.5 cm³/mol. The summed E-state index contributed by atoms with van der Waals surface area (Å²) in [5.41, 5.74) is 7.46. The normalized spacial score (nSPS) is 25.0. The quantitative estimate of drug-likeness (QED) is 0.899. The van der Waals surface area contributed by atoms with Crippen molar-refractivity contribution in [1.82, 2.24) is 10.2 Å². The van der Waals surface area contributed by atoms with E-state index in [1.54, 1.807) is 0 Å². The number of nitrogens with zero attached hydrogens (tertiary/aromatic N) is 2. The third kappa shape index (κ3) is 4.00. The Kier molecular flexibility index (Phi) is 6.68. The van der Waals surface area contributed by atoms with E-state index in [9.17, 15) is 0 Å². The van der Waals surface area contributed by atoms with Gasteiger partial charge < -0.3 is 20.9 Å². The van der Waals surface area contributed by atoms with Crippen LogP contribution in [0.3, 0.4) is 0 Å². The molecular formula is C18H32N4. The van der Waals surface area contributed by atoms with Gasteiger partial charge in [0.15, 0.2) is 0 Å². The molecule has 3 rings (SSSR count). The molecule has 2 heterocycles. The lowest BCUT2D eigenvalue weighted by atomic mass is 9.99.